The Balaban J connectivity index is 1.95. The predicted octanol–water partition coefficient (Wildman–Crippen LogP) is 1.65. The number of rotatable bonds is 8. The molecular weight excluding hydrogens is 210 g/mol. The predicted molar refractivity (Wildman–Crippen MR) is 75.5 cm³/mol. The molecule has 1 aliphatic heterocycles. The van der Waals surface area contributed by atoms with E-state index in [2.05, 4.69) is 35.9 Å². The second kappa shape index (κ2) is 8.90. The van der Waals surface area contributed by atoms with Crippen molar-refractivity contribution < 1.29 is 0 Å². The van der Waals surface area contributed by atoms with E-state index < -0.39 is 0 Å². The Hall–Kier alpha value is -0.120. The van der Waals surface area contributed by atoms with E-state index in [0.717, 1.165) is 12.5 Å². The summed E-state index contributed by atoms with van der Waals surface area (Å²) in [7, 11) is 0. The summed E-state index contributed by atoms with van der Waals surface area (Å²) in [5.41, 5.74) is 0. The molecule has 1 aliphatic rings. The van der Waals surface area contributed by atoms with Crippen LogP contribution in [0.1, 0.15) is 33.6 Å². The van der Waals surface area contributed by atoms with Crippen LogP contribution in [0.2, 0.25) is 0 Å². The van der Waals surface area contributed by atoms with Gasteiger partial charge >= 0.3 is 0 Å². The molecule has 102 valence electrons. The summed E-state index contributed by atoms with van der Waals surface area (Å²) in [6.45, 7) is 16.8. The summed E-state index contributed by atoms with van der Waals surface area (Å²) < 4.78 is 0. The lowest BCUT2D eigenvalue weighted by molar-refractivity contribution is 0.131. The average molecular weight is 241 g/mol. The highest BCUT2D eigenvalue weighted by molar-refractivity contribution is 4.71. The van der Waals surface area contributed by atoms with E-state index >= 15 is 0 Å². The first-order valence-corrected chi connectivity index (χ1v) is 7.37. The quantitative estimate of drug-likeness (QED) is 0.652. The van der Waals surface area contributed by atoms with Gasteiger partial charge in [0.15, 0.2) is 0 Å². The standard InChI is InChI=1S/C14H31N3/c1-4-7-16-9-11-17(12-10-16)8-5-6-15-13-14(2)3/h14-15H,4-13H2,1-3H3. The topological polar surface area (TPSA) is 18.5 Å². The summed E-state index contributed by atoms with van der Waals surface area (Å²) in [4.78, 5) is 5.21. The fraction of sp³-hybridized carbons (Fsp3) is 1.00. The van der Waals surface area contributed by atoms with E-state index in [1.54, 1.807) is 0 Å². The molecule has 0 unspecified atom stereocenters. The van der Waals surface area contributed by atoms with Crippen LogP contribution in [0.5, 0.6) is 0 Å². The smallest absolute Gasteiger partial charge is 0.0110 e. The van der Waals surface area contributed by atoms with Gasteiger partial charge in [-0.3, -0.25) is 0 Å². The van der Waals surface area contributed by atoms with Gasteiger partial charge in [-0.15, -0.1) is 0 Å². The van der Waals surface area contributed by atoms with Crippen LogP contribution in [-0.4, -0.2) is 62.2 Å². The summed E-state index contributed by atoms with van der Waals surface area (Å²) in [6, 6.07) is 0. The molecule has 1 rings (SSSR count). The number of piperazine rings is 1. The van der Waals surface area contributed by atoms with Crippen molar-refractivity contribution in [1.82, 2.24) is 15.1 Å². The Bertz CT molecular complexity index is 174. The average Bonchev–Trinajstić information content (AvgIpc) is 2.31. The van der Waals surface area contributed by atoms with Gasteiger partial charge in [0.2, 0.25) is 0 Å². The highest BCUT2D eigenvalue weighted by atomic mass is 15.3. The van der Waals surface area contributed by atoms with Crippen molar-refractivity contribution in [3.8, 4) is 0 Å². The van der Waals surface area contributed by atoms with Gasteiger partial charge in [0.05, 0.1) is 0 Å². The fourth-order valence-electron chi connectivity index (χ4n) is 2.37. The maximum atomic E-state index is 3.52. The summed E-state index contributed by atoms with van der Waals surface area (Å²) in [5, 5.41) is 3.52. The first kappa shape index (κ1) is 14.9. The summed E-state index contributed by atoms with van der Waals surface area (Å²) >= 11 is 0. The molecule has 0 aliphatic carbocycles. The van der Waals surface area contributed by atoms with Gasteiger partial charge < -0.3 is 15.1 Å². The third-order valence-corrected chi connectivity index (χ3v) is 3.39. The van der Waals surface area contributed by atoms with Crippen LogP contribution in [0.3, 0.4) is 0 Å². The van der Waals surface area contributed by atoms with E-state index in [1.807, 2.05) is 0 Å². The minimum Gasteiger partial charge on any atom is -0.316 e. The third-order valence-electron chi connectivity index (χ3n) is 3.39. The van der Waals surface area contributed by atoms with E-state index in [9.17, 15) is 0 Å². The van der Waals surface area contributed by atoms with Crippen LogP contribution in [0.15, 0.2) is 0 Å². The van der Waals surface area contributed by atoms with Crippen molar-refractivity contribution in [3.63, 3.8) is 0 Å². The van der Waals surface area contributed by atoms with E-state index in [-0.39, 0.29) is 0 Å². The summed E-state index contributed by atoms with van der Waals surface area (Å²) in [5.74, 6) is 0.771. The fourth-order valence-corrected chi connectivity index (χ4v) is 2.37. The highest BCUT2D eigenvalue weighted by Gasteiger charge is 2.14. The normalized spacial score (nSPS) is 19.1. The first-order valence-electron chi connectivity index (χ1n) is 7.37. The molecule has 0 aromatic heterocycles. The molecule has 0 spiro atoms. The molecule has 0 aromatic carbocycles. The molecule has 0 amide bonds. The van der Waals surface area contributed by atoms with Crippen LogP contribution >= 0.6 is 0 Å². The minimum atomic E-state index is 0.771. The third kappa shape index (κ3) is 7.02. The Morgan fingerprint density at radius 1 is 1.00 bits per heavy atom. The number of hydrogen-bond acceptors (Lipinski definition) is 3. The van der Waals surface area contributed by atoms with Crippen LogP contribution in [0.4, 0.5) is 0 Å². The minimum absolute atomic E-state index is 0.771. The Morgan fingerprint density at radius 2 is 1.59 bits per heavy atom. The zero-order valence-corrected chi connectivity index (χ0v) is 12.0. The highest BCUT2D eigenvalue weighted by Crippen LogP contribution is 2.02. The summed E-state index contributed by atoms with van der Waals surface area (Å²) in [6.07, 6.45) is 2.58. The van der Waals surface area contributed by atoms with Crippen molar-refractivity contribution in [2.75, 3.05) is 52.4 Å². The molecule has 1 heterocycles. The first-order chi connectivity index (χ1) is 8.22. The van der Waals surface area contributed by atoms with Gasteiger partial charge in [0.1, 0.15) is 0 Å². The van der Waals surface area contributed by atoms with Gasteiger partial charge in [-0.2, -0.15) is 0 Å². The Kier molecular flexibility index (Phi) is 7.82. The second-order valence-electron chi connectivity index (χ2n) is 5.63. The second-order valence-corrected chi connectivity index (χ2v) is 5.63. The van der Waals surface area contributed by atoms with Crippen molar-refractivity contribution in [1.29, 1.82) is 0 Å². The monoisotopic (exact) mass is 241 g/mol. The van der Waals surface area contributed by atoms with Gasteiger partial charge in [0, 0.05) is 26.2 Å². The molecule has 0 radical (unpaired) electrons. The van der Waals surface area contributed by atoms with E-state index in [4.69, 9.17) is 0 Å². The van der Waals surface area contributed by atoms with Gasteiger partial charge in [-0.1, -0.05) is 20.8 Å². The van der Waals surface area contributed by atoms with Crippen molar-refractivity contribution in [2.24, 2.45) is 5.92 Å². The lowest BCUT2D eigenvalue weighted by atomic mass is 10.2. The van der Waals surface area contributed by atoms with Crippen molar-refractivity contribution >= 4 is 0 Å². The zero-order valence-electron chi connectivity index (χ0n) is 12.0. The van der Waals surface area contributed by atoms with Crippen LogP contribution in [0.25, 0.3) is 0 Å². The molecular formula is C14H31N3. The molecule has 3 heteroatoms. The largest absolute Gasteiger partial charge is 0.316 e. The molecule has 1 saturated heterocycles. The van der Waals surface area contributed by atoms with Crippen LogP contribution < -0.4 is 5.32 Å². The molecule has 0 saturated carbocycles. The number of nitrogens with zero attached hydrogens (tertiary/aromatic N) is 2. The lowest BCUT2D eigenvalue weighted by Gasteiger charge is -2.34. The van der Waals surface area contributed by atoms with E-state index in [1.165, 1.54) is 58.7 Å². The van der Waals surface area contributed by atoms with Crippen molar-refractivity contribution in [2.45, 2.75) is 33.6 Å². The van der Waals surface area contributed by atoms with Gasteiger partial charge in [-0.05, 0) is 44.9 Å². The van der Waals surface area contributed by atoms with E-state index in [0.29, 0.717) is 0 Å². The molecule has 3 nitrogen and oxygen atoms in total. The molecule has 0 atom stereocenters. The lowest BCUT2D eigenvalue weighted by Crippen LogP contribution is -2.47. The maximum Gasteiger partial charge on any atom is 0.0110 e. The molecule has 0 bridgehead atoms. The molecule has 1 N–H and O–H groups in total. The molecule has 0 aromatic rings. The zero-order chi connectivity index (χ0) is 12.5. The Morgan fingerprint density at radius 3 is 2.12 bits per heavy atom. The van der Waals surface area contributed by atoms with Crippen molar-refractivity contribution in [3.05, 3.63) is 0 Å². The number of nitrogens with one attached hydrogen (secondary N) is 1. The number of hydrogen-bond donors (Lipinski definition) is 1. The molecule has 17 heavy (non-hydrogen) atoms. The molecule has 1 fully saturated rings. The van der Waals surface area contributed by atoms with Gasteiger partial charge in [-0.25, -0.2) is 0 Å². The Labute approximate surface area is 108 Å². The van der Waals surface area contributed by atoms with Crippen LogP contribution in [0, 0.1) is 5.92 Å². The maximum absolute atomic E-state index is 3.52. The van der Waals surface area contributed by atoms with Crippen LogP contribution in [-0.2, 0) is 0 Å². The van der Waals surface area contributed by atoms with Gasteiger partial charge in [0.25, 0.3) is 0 Å². The SMILES string of the molecule is CCCN1CCN(CCCNCC(C)C)CC1.